The molecule has 0 radical (unpaired) electrons. The molecule has 0 saturated heterocycles. The molecule has 152 valence electrons. The van der Waals surface area contributed by atoms with Crippen LogP contribution in [0, 0.1) is 11.3 Å². The zero-order chi connectivity index (χ0) is 21.5. The van der Waals surface area contributed by atoms with Crippen molar-refractivity contribution in [2.24, 2.45) is 0 Å². The molecule has 1 heterocycles. The topological polar surface area (TPSA) is 92.2 Å². The number of esters is 2. The molecule has 0 spiro atoms. The third-order valence-corrected chi connectivity index (χ3v) is 4.59. The SMILES string of the molecule is CCOC(=O)c1ccc(-c2c[nH]c(Cc3cccc(C#N)c3)c2C(=O)OCC)cc1. The zero-order valence-electron chi connectivity index (χ0n) is 16.9. The number of nitrogens with one attached hydrogen (secondary N) is 1. The van der Waals surface area contributed by atoms with Gasteiger partial charge in [-0.3, -0.25) is 0 Å². The van der Waals surface area contributed by atoms with E-state index >= 15 is 0 Å². The molecule has 0 amide bonds. The second kappa shape index (κ2) is 9.57. The van der Waals surface area contributed by atoms with Crippen LogP contribution in [0.2, 0.25) is 0 Å². The number of nitrogens with zero attached hydrogens (tertiary/aromatic N) is 1. The van der Waals surface area contributed by atoms with Crippen LogP contribution in [0.25, 0.3) is 11.1 Å². The molecule has 3 aromatic rings. The molecule has 0 unspecified atom stereocenters. The monoisotopic (exact) mass is 402 g/mol. The first-order valence-electron chi connectivity index (χ1n) is 9.71. The molecule has 0 aliphatic carbocycles. The van der Waals surface area contributed by atoms with Crippen LogP contribution >= 0.6 is 0 Å². The van der Waals surface area contributed by atoms with Crippen molar-refractivity contribution in [2.45, 2.75) is 20.3 Å². The van der Waals surface area contributed by atoms with Crippen LogP contribution in [0.3, 0.4) is 0 Å². The molecule has 6 heteroatoms. The summed E-state index contributed by atoms with van der Waals surface area (Å²) in [6, 6.07) is 16.3. The number of carbonyl (C=O) groups is 2. The van der Waals surface area contributed by atoms with Crippen molar-refractivity contribution in [2.75, 3.05) is 13.2 Å². The summed E-state index contributed by atoms with van der Waals surface area (Å²) in [5.74, 6) is -0.809. The summed E-state index contributed by atoms with van der Waals surface area (Å²) < 4.78 is 10.3. The third kappa shape index (κ3) is 4.58. The number of benzene rings is 2. The normalized spacial score (nSPS) is 10.3. The predicted octanol–water partition coefficient (Wildman–Crippen LogP) is 4.50. The molecule has 0 atom stereocenters. The van der Waals surface area contributed by atoms with Gasteiger partial charge in [-0.1, -0.05) is 24.3 Å². The smallest absolute Gasteiger partial charge is 0.340 e. The molecule has 0 aliphatic rings. The maximum Gasteiger partial charge on any atom is 0.340 e. The van der Waals surface area contributed by atoms with E-state index in [9.17, 15) is 9.59 Å². The summed E-state index contributed by atoms with van der Waals surface area (Å²) in [6.07, 6.45) is 2.21. The maximum atomic E-state index is 12.7. The Morgan fingerprint density at radius 2 is 1.70 bits per heavy atom. The summed E-state index contributed by atoms with van der Waals surface area (Å²) in [7, 11) is 0. The van der Waals surface area contributed by atoms with E-state index in [0.29, 0.717) is 41.0 Å². The van der Waals surface area contributed by atoms with Crippen molar-refractivity contribution in [3.63, 3.8) is 0 Å². The Morgan fingerprint density at radius 1 is 1.00 bits per heavy atom. The average molecular weight is 402 g/mol. The molecule has 0 aliphatic heterocycles. The minimum absolute atomic E-state index is 0.259. The lowest BCUT2D eigenvalue weighted by Crippen LogP contribution is -2.09. The third-order valence-electron chi connectivity index (χ3n) is 4.59. The molecule has 0 fully saturated rings. The lowest BCUT2D eigenvalue weighted by Gasteiger charge is -2.09. The van der Waals surface area contributed by atoms with Gasteiger partial charge in [0.1, 0.15) is 0 Å². The van der Waals surface area contributed by atoms with E-state index in [-0.39, 0.29) is 12.6 Å². The Kier molecular flexibility index (Phi) is 6.66. The highest BCUT2D eigenvalue weighted by molar-refractivity contribution is 5.99. The number of nitriles is 1. The Bertz CT molecular complexity index is 1090. The summed E-state index contributed by atoms with van der Waals surface area (Å²) in [5, 5.41) is 9.12. The van der Waals surface area contributed by atoms with Crippen LogP contribution in [-0.2, 0) is 15.9 Å². The van der Waals surface area contributed by atoms with Crippen LogP contribution in [0.4, 0.5) is 0 Å². The lowest BCUT2D eigenvalue weighted by molar-refractivity contribution is 0.0516. The average Bonchev–Trinajstić information content (AvgIpc) is 3.18. The van der Waals surface area contributed by atoms with Gasteiger partial charge in [-0.25, -0.2) is 9.59 Å². The summed E-state index contributed by atoms with van der Waals surface area (Å²) in [4.78, 5) is 27.8. The van der Waals surface area contributed by atoms with Crippen molar-refractivity contribution >= 4 is 11.9 Å². The summed E-state index contributed by atoms with van der Waals surface area (Å²) >= 11 is 0. The van der Waals surface area contributed by atoms with Gasteiger partial charge in [0.15, 0.2) is 0 Å². The highest BCUT2D eigenvalue weighted by atomic mass is 16.5. The van der Waals surface area contributed by atoms with Crippen molar-refractivity contribution in [1.82, 2.24) is 4.98 Å². The van der Waals surface area contributed by atoms with Gasteiger partial charge in [0, 0.05) is 23.9 Å². The molecule has 30 heavy (non-hydrogen) atoms. The van der Waals surface area contributed by atoms with Crippen molar-refractivity contribution in [3.05, 3.63) is 82.7 Å². The molecule has 2 aromatic carbocycles. The fraction of sp³-hybridized carbons (Fsp3) is 0.208. The van der Waals surface area contributed by atoms with Crippen LogP contribution in [0.15, 0.2) is 54.7 Å². The quantitative estimate of drug-likeness (QED) is 0.588. The van der Waals surface area contributed by atoms with Gasteiger partial charge >= 0.3 is 11.9 Å². The first-order valence-corrected chi connectivity index (χ1v) is 9.71. The molecule has 3 rings (SSSR count). The second-order valence-electron chi connectivity index (χ2n) is 6.56. The molecule has 6 nitrogen and oxygen atoms in total. The van der Waals surface area contributed by atoms with E-state index in [1.165, 1.54) is 0 Å². The predicted molar refractivity (Wildman–Crippen MR) is 112 cm³/mol. The van der Waals surface area contributed by atoms with E-state index in [0.717, 1.165) is 11.1 Å². The van der Waals surface area contributed by atoms with Crippen molar-refractivity contribution in [1.29, 1.82) is 5.26 Å². The number of rotatable bonds is 7. The number of hydrogen-bond acceptors (Lipinski definition) is 5. The van der Waals surface area contributed by atoms with E-state index in [2.05, 4.69) is 11.1 Å². The van der Waals surface area contributed by atoms with Gasteiger partial charge in [0.2, 0.25) is 0 Å². The molecule has 0 saturated carbocycles. The fourth-order valence-corrected chi connectivity index (χ4v) is 3.22. The van der Waals surface area contributed by atoms with Crippen LogP contribution in [0.1, 0.15) is 51.4 Å². The van der Waals surface area contributed by atoms with Crippen molar-refractivity contribution < 1.29 is 19.1 Å². The number of H-pyrrole nitrogens is 1. The van der Waals surface area contributed by atoms with Gasteiger partial charge < -0.3 is 14.5 Å². The number of ether oxygens (including phenoxy) is 2. The van der Waals surface area contributed by atoms with Gasteiger partial charge in [0.05, 0.1) is 36.0 Å². The molecule has 1 N–H and O–H groups in total. The van der Waals surface area contributed by atoms with E-state index in [1.807, 2.05) is 12.1 Å². The standard InChI is InChI=1S/C24H22N2O4/c1-3-29-23(27)19-10-8-18(9-11-19)20-15-26-21(22(20)24(28)30-4-2)13-16-6-5-7-17(12-16)14-25/h5-12,15,26H,3-4,13H2,1-2H3. The highest BCUT2D eigenvalue weighted by Gasteiger charge is 2.21. The minimum Gasteiger partial charge on any atom is -0.462 e. The lowest BCUT2D eigenvalue weighted by atomic mass is 9.98. The van der Waals surface area contributed by atoms with Gasteiger partial charge in [-0.2, -0.15) is 5.26 Å². The van der Waals surface area contributed by atoms with E-state index in [4.69, 9.17) is 14.7 Å². The zero-order valence-corrected chi connectivity index (χ0v) is 16.9. The first kappa shape index (κ1) is 20.9. The first-order chi connectivity index (χ1) is 14.6. The molecule has 0 bridgehead atoms. The largest absolute Gasteiger partial charge is 0.462 e. The fourth-order valence-electron chi connectivity index (χ4n) is 3.22. The Hall–Kier alpha value is -3.85. The Morgan fingerprint density at radius 3 is 2.37 bits per heavy atom. The summed E-state index contributed by atoms with van der Waals surface area (Å²) in [6.45, 7) is 4.08. The Labute approximate surface area is 175 Å². The number of hydrogen-bond donors (Lipinski definition) is 1. The molecular weight excluding hydrogens is 380 g/mol. The second-order valence-corrected chi connectivity index (χ2v) is 6.56. The van der Waals surface area contributed by atoms with Crippen LogP contribution in [-0.4, -0.2) is 30.1 Å². The number of carbonyl (C=O) groups excluding carboxylic acids is 2. The number of aromatic nitrogens is 1. The molecular formula is C24H22N2O4. The van der Waals surface area contributed by atoms with Crippen LogP contribution < -0.4 is 0 Å². The van der Waals surface area contributed by atoms with Gasteiger partial charge in [0.25, 0.3) is 0 Å². The summed E-state index contributed by atoms with van der Waals surface area (Å²) in [5.41, 5.74) is 4.53. The van der Waals surface area contributed by atoms with E-state index < -0.39 is 5.97 Å². The highest BCUT2D eigenvalue weighted by Crippen LogP contribution is 2.29. The Balaban J connectivity index is 1.98. The van der Waals surface area contributed by atoms with Crippen molar-refractivity contribution in [3.8, 4) is 17.2 Å². The van der Waals surface area contributed by atoms with Gasteiger partial charge in [-0.15, -0.1) is 0 Å². The minimum atomic E-state index is -0.422. The van der Waals surface area contributed by atoms with E-state index in [1.54, 1.807) is 56.4 Å². The maximum absolute atomic E-state index is 12.7. The number of aromatic amines is 1. The van der Waals surface area contributed by atoms with Gasteiger partial charge in [-0.05, 0) is 49.2 Å². The molecule has 1 aromatic heterocycles. The van der Waals surface area contributed by atoms with Crippen LogP contribution in [0.5, 0.6) is 0 Å².